The standard InChI is InChI=1S/C11H14N2O/c1-6-4-10(14)13-11-7(2)3-8(12)5-9(6)11/h3,5-6H,4,12H2,1-2H3,(H,13,14). The van der Waals surface area contributed by atoms with Gasteiger partial charge in [0.2, 0.25) is 5.91 Å². The number of amides is 1. The van der Waals surface area contributed by atoms with Gasteiger partial charge in [0.05, 0.1) is 0 Å². The van der Waals surface area contributed by atoms with Gasteiger partial charge in [-0.1, -0.05) is 6.92 Å². The van der Waals surface area contributed by atoms with E-state index in [1.807, 2.05) is 19.1 Å². The minimum Gasteiger partial charge on any atom is -0.399 e. The van der Waals surface area contributed by atoms with E-state index < -0.39 is 0 Å². The molecule has 1 aliphatic rings. The first kappa shape index (κ1) is 9.06. The van der Waals surface area contributed by atoms with Gasteiger partial charge in [-0.2, -0.15) is 0 Å². The van der Waals surface area contributed by atoms with Crippen molar-refractivity contribution in [2.24, 2.45) is 0 Å². The third-order valence-corrected chi connectivity index (χ3v) is 2.68. The molecule has 0 radical (unpaired) electrons. The molecule has 74 valence electrons. The predicted molar refractivity (Wildman–Crippen MR) is 57.3 cm³/mol. The average Bonchev–Trinajstić information content (AvgIpc) is 2.07. The molecule has 1 heterocycles. The lowest BCUT2D eigenvalue weighted by molar-refractivity contribution is -0.116. The van der Waals surface area contributed by atoms with Crippen molar-refractivity contribution in [2.75, 3.05) is 11.1 Å². The van der Waals surface area contributed by atoms with Crippen molar-refractivity contribution in [3.05, 3.63) is 23.3 Å². The lowest BCUT2D eigenvalue weighted by Crippen LogP contribution is -2.22. The normalized spacial score (nSPS) is 20.1. The summed E-state index contributed by atoms with van der Waals surface area (Å²) < 4.78 is 0. The van der Waals surface area contributed by atoms with Crippen molar-refractivity contribution in [3.8, 4) is 0 Å². The predicted octanol–water partition coefficient (Wildman–Crippen LogP) is 2.02. The second-order valence-corrected chi connectivity index (χ2v) is 3.96. The minimum absolute atomic E-state index is 0.0953. The zero-order chi connectivity index (χ0) is 10.3. The highest BCUT2D eigenvalue weighted by molar-refractivity contribution is 5.96. The highest BCUT2D eigenvalue weighted by Gasteiger charge is 2.22. The summed E-state index contributed by atoms with van der Waals surface area (Å²) in [5, 5.41) is 2.89. The molecule has 1 unspecified atom stereocenters. The van der Waals surface area contributed by atoms with Crippen LogP contribution in [0.5, 0.6) is 0 Å². The number of rotatable bonds is 0. The maximum atomic E-state index is 11.3. The van der Waals surface area contributed by atoms with Gasteiger partial charge in [0.1, 0.15) is 0 Å². The van der Waals surface area contributed by atoms with Gasteiger partial charge in [-0.3, -0.25) is 4.79 Å². The maximum Gasteiger partial charge on any atom is 0.224 e. The fourth-order valence-corrected chi connectivity index (χ4v) is 1.98. The Hall–Kier alpha value is -1.51. The number of hydrogen-bond acceptors (Lipinski definition) is 2. The summed E-state index contributed by atoms with van der Waals surface area (Å²) in [5.74, 6) is 0.360. The molecule has 1 atom stereocenters. The second-order valence-electron chi connectivity index (χ2n) is 3.96. The Kier molecular flexibility index (Phi) is 1.95. The topological polar surface area (TPSA) is 55.1 Å². The zero-order valence-corrected chi connectivity index (χ0v) is 8.42. The fourth-order valence-electron chi connectivity index (χ4n) is 1.98. The number of anilines is 2. The van der Waals surface area contributed by atoms with Gasteiger partial charge in [-0.25, -0.2) is 0 Å². The summed E-state index contributed by atoms with van der Waals surface area (Å²) in [6, 6.07) is 3.84. The van der Waals surface area contributed by atoms with Crippen LogP contribution in [0.2, 0.25) is 0 Å². The number of carbonyl (C=O) groups is 1. The molecule has 14 heavy (non-hydrogen) atoms. The monoisotopic (exact) mass is 190 g/mol. The first-order valence-electron chi connectivity index (χ1n) is 4.78. The number of fused-ring (bicyclic) bond motifs is 1. The van der Waals surface area contributed by atoms with E-state index in [-0.39, 0.29) is 11.8 Å². The number of nitrogens with one attached hydrogen (secondary N) is 1. The summed E-state index contributed by atoms with van der Waals surface area (Å²) in [4.78, 5) is 11.3. The molecule has 0 fully saturated rings. The summed E-state index contributed by atoms with van der Waals surface area (Å²) >= 11 is 0. The molecule has 1 aromatic carbocycles. The zero-order valence-electron chi connectivity index (χ0n) is 8.42. The van der Waals surface area contributed by atoms with Gasteiger partial charge in [-0.15, -0.1) is 0 Å². The maximum absolute atomic E-state index is 11.3. The first-order chi connectivity index (χ1) is 6.58. The van der Waals surface area contributed by atoms with Crippen molar-refractivity contribution < 1.29 is 4.79 Å². The number of benzene rings is 1. The summed E-state index contributed by atoms with van der Waals surface area (Å²) in [7, 11) is 0. The van der Waals surface area contributed by atoms with Crippen molar-refractivity contribution in [1.82, 2.24) is 0 Å². The molecule has 3 heteroatoms. The molecule has 0 aromatic heterocycles. The fraction of sp³-hybridized carbons (Fsp3) is 0.364. The molecule has 0 aliphatic carbocycles. The van der Waals surface area contributed by atoms with Gasteiger partial charge >= 0.3 is 0 Å². The molecule has 0 saturated heterocycles. The number of nitrogens with two attached hydrogens (primary N) is 1. The van der Waals surface area contributed by atoms with Crippen LogP contribution < -0.4 is 11.1 Å². The third kappa shape index (κ3) is 1.35. The van der Waals surface area contributed by atoms with E-state index in [9.17, 15) is 4.79 Å². The molecule has 3 N–H and O–H groups in total. The minimum atomic E-state index is 0.0953. The number of nitrogen functional groups attached to an aromatic ring is 1. The molecule has 0 bridgehead atoms. The first-order valence-corrected chi connectivity index (χ1v) is 4.78. The third-order valence-electron chi connectivity index (χ3n) is 2.68. The number of aryl methyl sites for hydroxylation is 1. The molecule has 1 aliphatic heterocycles. The van der Waals surface area contributed by atoms with Crippen molar-refractivity contribution in [2.45, 2.75) is 26.2 Å². The average molecular weight is 190 g/mol. The lowest BCUT2D eigenvalue weighted by Gasteiger charge is -2.24. The molecule has 2 rings (SSSR count). The molecule has 1 amide bonds. The van der Waals surface area contributed by atoms with Crippen LogP contribution in [-0.4, -0.2) is 5.91 Å². The van der Waals surface area contributed by atoms with Crippen LogP contribution in [0.25, 0.3) is 0 Å². The van der Waals surface area contributed by atoms with E-state index in [1.165, 1.54) is 0 Å². The summed E-state index contributed by atoms with van der Waals surface area (Å²) in [6.07, 6.45) is 0.551. The molecule has 0 saturated carbocycles. The SMILES string of the molecule is Cc1cc(N)cc2c1NC(=O)CC2C. The highest BCUT2D eigenvalue weighted by atomic mass is 16.1. The molecule has 1 aromatic rings. The van der Waals surface area contributed by atoms with Crippen LogP contribution in [0.3, 0.4) is 0 Å². The van der Waals surface area contributed by atoms with Crippen LogP contribution in [0.1, 0.15) is 30.4 Å². The Morgan fingerprint density at radius 3 is 2.93 bits per heavy atom. The van der Waals surface area contributed by atoms with E-state index in [2.05, 4.69) is 12.2 Å². The van der Waals surface area contributed by atoms with Gasteiger partial charge in [-0.05, 0) is 36.1 Å². The molecule has 3 nitrogen and oxygen atoms in total. The smallest absolute Gasteiger partial charge is 0.224 e. The van der Waals surface area contributed by atoms with E-state index in [0.29, 0.717) is 6.42 Å². The van der Waals surface area contributed by atoms with Gasteiger partial charge in [0.15, 0.2) is 0 Å². The van der Waals surface area contributed by atoms with Crippen LogP contribution in [0, 0.1) is 6.92 Å². The number of hydrogen-bond donors (Lipinski definition) is 2. The van der Waals surface area contributed by atoms with E-state index in [0.717, 1.165) is 22.5 Å². The Morgan fingerprint density at radius 1 is 1.50 bits per heavy atom. The quantitative estimate of drug-likeness (QED) is 0.615. The molecular formula is C11H14N2O. The van der Waals surface area contributed by atoms with E-state index in [1.54, 1.807) is 0 Å². The van der Waals surface area contributed by atoms with Crippen molar-refractivity contribution >= 4 is 17.3 Å². The second kappa shape index (κ2) is 3.01. The van der Waals surface area contributed by atoms with E-state index >= 15 is 0 Å². The lowest BCUT2D eigenvalue weighted by atomic mass is 9.90. The van der Waals surface area contributed by atoms with Crippen LogP contribution in [-0.2, 0) is 4.79 Å². The largest absolute Gasteiger partial charge is 0.399 e. The molecule has 0 spiro atoms. The highest BCUT2D eigenvalue weighted by Crippen LogP contribution is 2.35. The van der Waals surface area contributed by atoms with Crippen LogP contribution in [0.15, 0.2) is 12.1 Å². The van der Waals surface area contributed by atoms with Crippen molar-refractivity contribution in [3.63, 3.8) is 0 Å². The van der Waals surface area contributed by atoms with E-state index in [4.69, 9.17) is 5.73 Å². The van der Waals surface area contributed by atoms with Crippen molar-refractivity contribution in [1.29, 1.82) is 0 Å². The summed E-state index contributed by atoms with van der Waals surface area (Å²) in [6.45, 7) is 4.02. The molecular weight excluding hydrogens is 176 g/mol. The Bertz CT molecular complexity index is 399. The van der Waals surface area contributed by atoms with Gasteiger partial charge in [0, 0.05) is 17.8 Å². The van der Waals surface area contributed by atoms with Crippen LogP contribution >= 0.6 is 0 Å². The summed E-state index contributed by atoms with van der Waals surface area (Å²) in [5.41, 5.74) is 9.68. The Labute approximate surface area is 83.3 Å². The van der Waals surface area contributed by atoms with Crippen LogP contribution in [0.4, 0.5) is 11.4 Å². The van der Waals surface area contributed by atoms with Gasteiger partial charge in [0.25, 0.3) is 0 Å². The number of carbonyl (C=O) groups excluding carboxylic acids is 1. The Balaban J connectivity index is 2.58. The Morgan fingerprint density at radius 2 is 2.21 bits per heavy atom. The van der Waals surface area contributed by atoms with Gasteiger partial charge < -0.3 is 11.1 Å².